The van der Waals surface area contributed by atoms with E-state index in [2.05, 4.69) is 41.5 Å². The summed E-state index contributed by atoms with van der Waals surface area (Å²) in [7, 11) is 0. The first-order chi connectivity index (χ1) is 23.9. The number of benzene rings is 4. The maximum absolute atomic E-state index is 11.3. The van der Waals surface area contributed by atoms with Crippen molar-refractivity contribution < 1.29 is 29.2 Å². The highest BCUT2D eigenvalue weighted by molar-refractivity contribution is 5.85. The SMILES string of the molecule is CC(C)(C)c1cccc(C=N[C@@H]2C(OCc3ccccc3)OC3COC(c4ccccc4)OC3[C@H]2N=Cc2cccc(C(C)(C)C)c2O)c1O. The largest absolute Gasteiger partial charge is 0.507 e. The second-order valence-electron chi connectivity index (χ2n) is 15.0. The van der Waals surface area contributed by atoms with Gasteiger partial charge >= 0.3 is 0 Å². The molecule has 0 amide bonds. The van der Waals surface area contributed by atoms with Crippen LogP contribution in [-0.2, 0) is 36.4 Å². The molecule has 8 heteroatoms. The van der Waals surface area contributed by atoms with Crippen molar-refractivity contribution in [1.82, 2.24) is 0 Å². The fourth-order valence-corrected chi connectivity index (χ4v) is 6.45. The maximum Gasteiger partial charge on any atom is 0.184 e. The highest BCUT2D eigenvalue weighted by atomic mass is 16.7. The van der Waals surface area contributed by atoms with Crippen molar-refractivity contribution in [2.45, 2.75) is 95.9 Å². The molecule has 2 saturated heterocycles. The van der Waals surface area contributed by atoms with Gasteiger partial charge in [0.1, 0.15) is 35.8 Å². The van der Waals surface area contributed by atoms with Crippen molar-refractivity contribution >= 4 is 12.4 Å². The summed E-state index contributed by atoms with van der Waals surface area (Å²) in [5.41, 5.74) is 4.15. The highest BCUT2D eigenvalue weighted by Gasteiger charge is 2.50. The Morgan fingerprint density at radius 2 is 1.22 bits per heavy atom. The zero-order valence-corrected chi connectivity index (χ0v) is 29.7. The molecule has 6 atom stereocenters. The van der Waals surface area contributed by atoms with Crippen LogP contribution < -0.4 is 0 Å². The zero-order chi connectivity index (χ0) is 35.5. The van der Waals surface area contributed by atoms with Gasteiger partial charge in [-0.15, -0.1) is 0 Å². The number of phenols is 2. The molecular formula is C42H48N2O6. The number of hydrogen-bond donors (Lipinski definition) is 2. The molecule has 0 aliphatic carbocycles. The minimum atomic E-state index is -0.822. The molecule has 4 aromatic rings. The van der Waals surface area contributed by atoms with Crippen molar-refractivity contribution in [3.63, 3.8) is 0 Å². The molecule has 2 heterocycles. The van der Waals surface area contributed by atoms with Crippen molar-refractivity contribution in [1.29, 1.82) is 0 Å². The van der Waals surface area contributed by atoms with Gasteiger partial charge in [-0.3, -0.25) is 9.98 Å². The van der Waals surface area contributed by atoms with E-state index in [-0.39, 0.29) is 28.9 Å². The lowest BCUT2D eigenvalue weighted by Gasteiger charge is -2.47. The quantitative estimate of drug-likeness (QED) is 0.183. The molecule has 2 aliphatic rings. The molecule has 0 spiro atoms. The van der Waals surface area contributed by atoms with Crippen LogP contribution in [0.1, 0.15) is 81.2 Å². The van der Waals surface area contributed by atoms with Gasteiger partial charge in [-0.2, -0.15) is 0 Å². The van der Waals surface area contributed by atoms with Crippen LogP contribution in [0.25, 0.3) is 0 Å². The number of ether oxygens (including phenoxy) is 4. The molecule has 262 valence electrons. The predicted octanol–water partition coefficient (Wildman–Crippen LogP) is 8.02. The van der Waals surface area contributed by atoms with E-state index in [1.54, 1.807) is 12.4 Å². The molecule has 0 radical (unpaired) electrons. The summed E-state index contributed by atoms with van der Waals surface area (Å²) in [6.07, 6.45) is 0.852. The minimum Gasteiger partial charge on any atom is -0.507 e. The monoisotopic (exact) mass is 676 g/mol. The molecule has 50 heavy (non-hydrogen) atoms. The molecular weight excluding hydrogens is 628 g/mol. The molecule has 8 nitrogen and oxygen atoms in total. The first-order valence-electron chi connectivity index (χ1n) is 17.2. The molecule has 2 N–H and O–H groups in total. The molecule has 6 rings (SSSR count). The van der Waals surface area contributed by atoms with E-state index in [0.29, 0.717) is 17.7 Å². The second kappa shape index (κ2) is 14.9. The van der Waals surface area contributed by atoms with E-state index in [1.807, 2.05) is 97.1 Å². The third kappa shape index (κ3) is 8.00. The van der Waals surface area contributed by atoms with Gasteiger partial charge in [0.2, 0.25) is 0 Å². The van der Waals surface area contributed by atoms with Gasteiger partial charge in [0, 0.05) is 29.1 Å². The number of phenolic OH excluding ortho intramolecular Hbond substituents is 2. The van der Waals surface area contributed by atoms with Gasteiger partial charge in [-0.25, -0.2) is 0 Å². The fraction of sp³-hybridized carbons (Fsp3) is 0.381. The van der Waals surface area contributed by atoms with Crippen LogP contribution in [0.4, 0.5) is 0 Å². The molecule has 0 aromatic heterocycles. The van der Waals surface area contributed by atoms with Gasteiger partial charge in [-0.1, -0.05) is 126 Å². The Hall–Kier alpha value is -4.34. The fourth-order valence-electron chi connectivity index (χ4n) is 6.45. The summed E-state index contributed by atoms with van der Waals surface area (Å²) < 4.78 is 25.9. The van der Waals surface area contributed by atoms with Crippen molar-refractivity contribution in [2.75, 3.05) is 6.61 Å². The van der Waals surface area contributed by atoms with Gasteiger partial charge in [-0.05, 0) is 39.7 Å². The van der Waals surface area contributed by atoms with E-state index in [1.165, 1.54) is 0 Å². The van der Waals surface area contributed by atoms with Crippen molar-refractivity contribution in [3.05, 3.63) is 130 Å². The summed E-state index contributed by atoms with van der Waals surface area (Å²) in [4.78, 5) is 10.2. The first-order valence-corrected chi connectivity index (χ1v) is 17.2. The Balaban J connectivity index is 1.42. The maximum atomic E-state index is 11.3. The lowest BCUT2D eigenvalue weighted by Crippen LogP contribution is -2.61. The van der Waals surface area contributed by atoms with E-state index in [0.717, 1.165) is 22.3 Å². The molecule has 2 fully saturated rings. The lowest BCUT2D eigenvalue weighted by atomic mass is 9.85. The standard InChI is InChI=1S/C42H48N2O6/c1-41(2,3)31-21-13-19-29(36(31)45)23-43-34-35(44-24-30-20-14-22-32(37(30)46)42(4,5)6)40(47-25-27-15-9-7-10-16-27)49-33-26-48-39(50-38(33)34)28-17-11-8-12-18-28/h7-24,33-35,38-40,45-46H,25-26H2,1-6H3/t33?,34-,35-,38?,39?,40?/m0/s1. The van der Waals surface area contributed by atoms with Gasteiger partial charge in [0.15, 0.2) is 12.6 Å². The highest BCUT2D eigenvalue weighted by Crippen LogP contribution is 2.38. The summed E-state index contributed by atoms with van der Waals surface area (Å²) >= 11 is 0. The van der Waals surface area contributed by atoms with Crippen LogP contribution in [0, 0.1) is 0 Å². The summed E-state index contributed by atoms with van der Waals surface area (Å²) in [5.74, 6) is 0.360. The third-order valence-corrected chi connectivity index (χ3v) is 9.18. The van der Waals surface area contributed by atoms with Crippen molar-refractivity contribution in [3.8, 4) is 11.5 Å². The Morgan fingerprint density at radius 3 is 1.78 bits per heavy atom. The number of fused-ring (bicyclic) bond motifs is 1. The lowest BCUT2D eigenvalue weighted by molar-refractivity contribution is -0.325. The summed E-state index contributed by atoms with van der Waals surface area (Å²) in [6.45, 7) is 12.9. The zero-order valence-electron chi connectivity index (χ0n) is 29.7. The number of hydrogen-bond acceptors (Lipinski definition) is 8. The van der Waals surface area contributed by atoms with Crippen LogP contribution in [0.2, 0.25) is 0 Å². The van der Waals surface area contributed by atoms with Crippen molar-refractivity contribution in [2.24, 2.45) is 9.98 Å². The van der Waals surface area contributed by atoms with Gasteiger partial charge < -0.3 is 29.2 Å². The van der Waals surface area contributed by atoms with E-state index in [4.69, 9.17) is 28.9 Å². The summed E-state index contributed by atoms with van der Waals surface area (Å²) in [6, 6.07) is 29.8. The van der Waals surface area contributed by atoms with E-state index < -0.39 is 36.9 Å². The molecule has 2 aliphatic heterocycles. The number of rotatable bonds is 8. The van der Waals surface area contributed by atoms with Crippen LogP contribution in [0.5, 0.6) is 11.5 Å². The number of aromatic hydroxyl groups is 2. The summed E-state index contributed by atoms with van der Waals surface area (Å²) in [5, 5.41) is 22.6. The number of nitrogens with zero attached hydrogens (tertiary/aromatic N) is 2. The van der Waals surface area contributed by atoms with Gasteiger partial charge in [0.05, 0.1) is 13.2 Å². The normalized spacial score (nSPS) is 24.4. The second-order valence-corrected chi connectivity index (χ2v) is 15.0. The van der Waals surface area contributed by atoms with E-state index in [9.17, 15) is 10.2 Å². The molecule has 0 bridgehead atoms. The van der Waals surface area contributed by atoms with Gasteiger partial charge in [0.25, 0.3) is 0 Å². The molecule has 0 saturated carbocycles. The average Bonchev–Trinajstić information content (AvgIpc) is 3.09. The topological polar surface area (TPSA) is 102 Å². The Kier molecular flexibility index (Phi) is 10.6. The van der Waals surface area contributed by atoms with Crippen LogP contribution in [0.3, 0.4) is 0 Å². The molecule has 4 unspecified atom stereocenters. The Morgan fingerprint density at radius 1 is 0.680 bits per heavy atom. The van der Waals surface area contributed by atoms with Crippen LogP contribution >= 0.6 is 0 Å². The smallest absolute Gasteiger partial charge is 0.184 e. The predicted molar refractivity (Wildman–Crippen MR) is 196 cm³/mol. The third-order valence-electron chi connectivity index (χ3n) is 9.18. The van der Waals surface area contributed by atoms with Crippen LogP contribution in [-0.4, -0.2) is 59.8 Å². The van der Waals surface area contributed by atoms with Crippen LogP contribution in [0.15, 0.2) is 107 Å². The Bertz CT molecular complexity index is 1790. The number of para-hydroxylation sites is 2. The Labute approximate surface area is 295 Å². The number of aliphatic imine (C=N–C) groups is 2. The van der Waals surface area contributed by atoms with E-state index >= 15 is 0 Å². The first kappa shape index (κ1) is 35.5. The average molecular weight is 677 g/mol. The molecule has 4 aromatic carbocycles. The minimum absolute atomic E-state index is 0.176.